The number of phenols is 1. The summed E-state index contributed by atoms with van der Waals surface area (Å²) in [5, 5.41) is 9.73. The van der Waals surface area contributed by atoms with Gasteiger partial charge in [0.15, 0.2) is 5.78 Å². The Morgan fingerprint density at radius 1 is 1.12 bits per heavy atom. The topological polar surface area (TPSA) is 89.6 Å². The van der Waals surface area contributed by atoms with E-state index in [1.54, 1.807) is 26.8 Å². The van der Waals surface area contributed by atoms with Crippen molar-refractivity contribution in [1.82, 2.24) is 0 Å². The van der Waals surface area contributed by atoms with Crippen LogP contribution in [0.1, 0.15) is 42.3 Å². The number of ketones is 1. The van der Waals surface area contributed by atoms with Crippen LogP contribution in [0.25, 0.3) is 0 Å². The van der Waals surface area contributed by atoms with E-state index in [0.29, 0.717) is 11.1 Å². The number of aromatic hydroxyl groups is 1. The molecule has 3 N–H and O–H groups in total. The number of Topliss-reactive ketones (excluding diaryl/α,β-unsaturated/α-hetero) is 1. The van der Waals surface area contributed by atoms with Crippen molar-refractivity contribution >= 4 is 11.8 Å². The van der Waals surface area contributed by atoms with E-state index in [-0.39, 0.29) is 24.6 Å². The van der Waals surface area contributed by atoms with Gasteiger partial charge in [-0.15, -0.1) is 0 Å². The van der Waals surface area contributed by atoms with E-state index in [1.165, 1.54) is 12.1 Å². The van der Waals surface area contributed by atoms with Crippen molar-refractivity contribution in [2.75, 3.05) is 0 Å². The lowest BCUT2D eigenvalue weighted by Crippen LogP contribution is -2.35. The average Bonchev–Trinajstić information content (AvgIpc) is 2.60. The molecule has 2 aromatic rings. The van der Waals surface area contributed by atoms with Crippen molar-refractivity contribution in [1.29, 1.82) is 0 Å². The maximum atomic E-state index is 12.6. The first-order valence-corrected chi connectivity index (χ1v) is 8.51. The summed E-state index contributed by atoms with van der Waals surface area (Å²) in [6.07, 6.45) is 0.158. The Bertz CT molecular complexity index is 778. The van der Waals surface area contributed by atoms with Gasteiger partial charge >= 0.3 is 5.97 Å². The van der Waals surface area contributed by atoms with Gasteiger partial charge in [-0.1, -0.05) is 57.2 Å². The van der Waals surface area contributed by atoms with E-state index in [0.717, 1.165) is 5.56 Å². The predicted octanol–water partition coefficient (Wildman–Crippen LogP) is 3.23. The second-order valence-corrected chi connectivity index (χ2v) is 7.32. The van der Waals surface area contributed by atoms with Gasteiger partial charge < -0.3 is 15.6 Å². The van der Waals surface area contributed by atoms with Gasteiger partial charge in [-0.05, 0) is 29.7 Å². The van der Waals surface area contributed by atoms with Crippen LogP contribution in [0.5, 0.6) is 5.75 Å². The molecule has 0 bridgehead atoms. The molecule has 138 valence electrons. The lowest BCUT2D eigenvalue weighted by Gasteiger charge is -2.20. The third-order valence-corrected chi connectivity index (χ3v) is 3.99. The number of hydrogen-bond acceptors (Lipinski definition) is 5. The Kier molecular flexibility index (Phi) is 6.16. The fourth-order valence-electron chi connectivity index (χ4n) is 2.51. The van der Waals surface area contributed by atoms with Crippen molar-refractivity contribution in [2.45, 2.75) is 39.8 Å². The second kappa shape index (κ2) is 8.15. The summed E-state index contributed by atoms with van der Waals surface area (Å²) >= 11 is 0. The zero-order chi connectivity index (χ0) is 19.3. The summed E-state index contributed by atoms with van der Waals surface area (Å²) < 4.78 is 5.26. The van der Waals surface area contributed by atoms with Crippen LogP contribution in [0.15, 0.2) is 48.5 Å². The molecule has 1 atom stereocenters. The van der Waals surface area contributed by atoms with Crippen LogP contribution in [0.2, 0.25) is 0 Å². The molecule has 0 saturated heterocycles. The molecular formula is C21H25NO4. The molecule has 0 aromatic heterocycles. The lowest BCUT2D eigenvalue weighted by atomic mass is 9.83. The smallest absolute Gasteiger partial charge is 0.323 e. The van der Waals surface area contributed by atoms with Crippen LogP contribution in [-0.2, 0) is 22.6 Å². The maximum Gasteiger partial charge on any atom is 0.323 e. The van der Waals surface area contributed by atoms with Gasteiger partial charge in [0, 0.05) is 11.0 Å². The van der Waals surface area contributed by atoms with Crippen molar-refractivity contribution < 1.29 is 19.4 Å². The number of rotatable bonds is 6. The molecule has 0 aliphatic carbocycles. The summed E-state index contributed by atoms with van der Waals surface area (Å²) in [4.78, 5) is 24.8. The number of benzene rings is 2. The van der Waals surface area contributed by atoms with E-state index in [2.05, 4.69) is 0 Å². The van der Waals surface area contributed by atoms with E-state index in [9.17, 15) is 14.7 Å². The molecule has 2 rings (SSSR count). The van der Waals surface area contributed by atoms with Crippen molar-refractivity contribution in [2.24, 2.45) is 11.1 Å². The first kappa shape index (κ1) is 19.7. The number of phenolic OH excluding ortho intramolecular Hbond substituents is 1. The predicted molar refractivity (Wildman–Crippen MR) is 99.8 cm³/mol. The molecular weight excluding hydrogens is 330 g/mol. The minimum absolute atomic E-state index is 0.00146. The zero-order valence-electron chi connectivity index (χ0n) is 15.4. The number of esters is 1. The zero-order valence-corrected chi connectivity index (χ0v) is 15.4. The minimum Gasteiger partial charge on any atom is -0.508 e. The van der Waals surface area contributed by atoms with Crippen LogP contribution < -0.4 is 5.73 Å². The molecule has 5 nitrogen and oxygen atoms in total. The highest BCUT2D eigenvalue weighted by Crippen LogP contribution is 2.26. The van der Waals surface area contributed by atoms with Crippen LogP contribution in [0.4, 0.5) is 0 Å². The van der Waals surface area contributed by atoms with Gasteiger partial charge in [-0.25, -0.2) is 0 Å². The number of ether oxygens (including phenoxy) is 1. The molecule has 0 radical (unpaired) electrons. The summed E-state index contributed by atoms with van der Waals surface area (Å²) in [6.45, 7) is 5.56. The van der Waals surface area contributed by atoms with Crippen LogP contribution in [0.3, 0.4) is 0 Å². The summed E-state index contributed by atoms with van der Waals surface area (Å²) in [5.41, 5.74) is 7.24. The van der Waals surface area contributed by atoms with E-state index >= 15 is 0 Å². The first-order chi connectivity index (χ1) is 12.2. The lowest BCUT2D eigenvalue weighted by molar-refractivity contribution is -0.146. The molecule has 0 amide bonds. The number of hydrogen-bond donors (Lipinski definition) is 2. The Labute approximate surface area is 153 Å². The number of carbonyl (C=O) groups excluding carboxylic acids is 2. The average molecular weight is 355 g/mol. The molecule has 0 aliphatic rings. The fourth-order valence-corrected chi connectivity index (χ4v) is 2.51. The highest BCUT2D eigenvalue weighted by Gasteiger charge is 2.27. The normalized spacial score (nSPS) is 12.5. The summed E-state index contributed by atoms with van der Waals surface area (Å²) in [7, 11) is 0. The standard InChI is InChI=1S/C21H25NO4/c1-21(2,3)19(24)17-12-16(23)10-9-15(17)11-18(22)20(25)26-13-14-7-5-4-6-8-14/h4-10,12,18,23H,11,13,22H2,1-3H3/t18-/m0/s1. The van der Waals surface area contributed by atoms with Crippen molar-refractivity contribution in [3.8, 4) is 5.75 Å². The Hall–Kier alpha value is -2.66. The van der Waals surface area contributed by atoms with Crippen LogP contribution in [-0.4, -0.2) is 22.9 Å². The van der Waals surface area contributed by atoms with Gasteiger partial charge in [-0.2, -0.15) is 0 Å². The molecule has 0 fully saturated rings. The first-order valence-electron chi connectivity index (χ1n) is 8.51. The Morgan fingerprint density at radius 2 is 1.77 bits per heavy atom. The Morgan fingerprint density at radius 3 is 2.38 bits per heavy atom. The van der Waals surface area contributed by atoms with E-state index in [4.69, 9.17) is 10.5 Å². The molecule has 2 aromatic carbocycles. The minimum atomic E-state index is -0.894. The quantitative estimate of drug-likeness (QED) is 0.613. The fraction of sp³-hybridized carbons (Fsp3) is 0.333. The molecule has 26 heavy (non-hydrogen) atoms. The van der Waals surface area contributed by atoms with Gasteiger partial charge in [0.05, 0.1) is 0 Å². The highest BCUT2D eigenvalue weighted by molar-refractivity contribution is 6.01. The highest BCUT2D eigenvalue weighted by atomic mass is 16.5. The van der Waals surface area contributed by atoms with Crippen molar-refractivity contribution in [3.05, 3.63) is 65.2 Å². The van der Waals surface area contributed by atoms with E-state index < -0.39 is 17.4 Å². The molecule has 0 unspecified atom stereocenters. The molecule has 0 heterocycles. The third kappa shape index (κ3) is 5.17. The molecule has 0 saturated carbocycles. The largest absolute Gasteiger partial charge is 0.508 e. The third-order valence-electron chi connectivity index (χ3n) is 3.99. The second-order valence-electron chi connectivity index (χ2n) is 7.32. The number of nitrogens with two attached hydrogens (primary N) is 1. The van der Waals surface area contributed by atoms with Gasteiger partial charge in [0.25, 0.3) is 0 Å². The molecule has 0 aliphatic heterocycles. The van der Waals surface area contributed by atoms with Gasteiger partial charge in [-0.3, -0.25) is 9.59 Å². The molecule has 5 heteroatoms. The summed E-state index contributed by atoms with van der Waals surface area (Å²) in [6, 6.07) is 13.0. The number of carbonyl (C=O) groups is 2. The maximum absolute atomic E-state index is 12.6. The monoisotopic (exact) mass is 355 g/mol. The van der Waals surface area contributed by atoms with Crippen LogP contribution in [0, 0.1) is 5.41 Å². The van der Waals surface area contributed by atoms with Crippen LogP contribution >= 0.6 is 0 Å². The summed E-state index contributed by atoms with van der Waals surface area (Å²) in [5.74, 6) is -0.647. The van der Waals surface area contributed by atoms with Gasteiger partial charge in [0.1, 0.15) is 18.4 Å². The Balaban J connectivity index is 2.09. The van der Waals surface area contributed by atoms with E-state index in [1.807, 2.05) is 30.3 Å². The SMILES string of the molecule is CC(C)(C)C(=O)c1cc(O)ccc1C[C@H](N)C(=O)OCc1ccccc1. The van der Waals surface area contributed by atoms with Crippen molar-refractivity contribution in [3.63, 3.8) is 0 Å². The van der Waals surface area contributed by atoms with Gasteiger partial charge in [0.2, 0.25) is 0 Å². The molecule has 0 spiro atoms.